The molecule has 0 radical (unpaired) electrons. The summed E-state index contributed by atoms with van der Waals surface area (Å²) in [5.74, 6) is 5.88. The molecule has 0 aliphatic rings. The predicted octanol–water partition coefficient (Wildman–Crippen LogP) is 1.55. The zero-order valence-electron chi connectivity index (χ0n) is 8.69. The summed E-state index contributed by atoms with van der Waals surface area (Å²) in [7, 11) is 0. The van der Waals surface area contributed by atoms with Crippen LogP contribution in [0.1, 0.15) is 0 Å². The van der Waals surface area contributed by atoms with Gasteiger partial charge in [0.1, 0.15) is 5.82 Å². The maximum absolute atomic E-state index is 5.23. The molecule has 15 heavy (non-hydrogen) atoms. The van der Waals surface area contributed by atoms with Gasteiger partial charge in [0.05, 0.1) is 11.9 Å². The van der Waals surface area contributed by atoms with E-state index in [1.54, 1.807) is 6.20 Å². The van der Waals surface area contributed by atoms with Crippen LogP contribution in [0.25, 0.3) is 0 Å². The van der Waals surface area contributed by atoms with Crippen LogP contribution in [0.15, 0.2) is 43.6 Å². The van der Waals surface area contributed by atoms with E-state index in [4.69, 9.17) is 5.84 Å². The maximum Gasteiger partial charge on any atom is 0.140 e. The fraction of sp³-hybridized carbons (Fsp3) is 0.182. The van der Waals surface area contributed by atoms with Crippen molar-refractivity contribution in [2.24, 2.45) is 5.84 Å². The summed E-state index contributed by atoms with van der Waals surface area (Å²) in [5, 5.41) is 0. The largest absolute Gasteiger partial charge is 0.363 e. The van der Waals surface area contributed by atoms with Gasteiger partial charge < -0.3 is 10.3 Å². The highest BCUT2D eigenvalue weighted by molar-refractivity contribution is 5.49. The number of rotatable bonds is 6. The molecule has 1 heterocycles. The maximum atomic E-state index is 5.23. The second-order valence-corrected chi connectivity index (χ2v) is 3.03. The van der Waals surface area contributed by atoms with Gasteiger partial charge in [-0.15, -0.1) is 13.2 Å². The Balaban J connectivity index is 2.80. The molecule has 1 aromatic heterocycles. The molecule has 0 saturated heterocycles. The van der Waals surface area contributed by atoms with Gasteiger partial charge in [-0.2, -0.15) is 0 Å². The van der Waals surface area contributed by atoms with Gasteiger partial charge in [-0.25, -0.2) is 10.8 Å². The van der Waals surface area contributed by atoms with E-state index in [2.05, 4.69) is 28.5 Å². The lowest BCUT2D eigenvalue weighted by molar-refractivity contribution is 0.950. The number of nitrogen functional groups attached to an aromatic ring is 1. The molecule has 0 fully saturated rings. The number of hydrogen-bond donors (Lipinski definition) is 2. The molecular formula is C11H16N4. The molecule has 0 spiro atoms. The third-order valence-corrected chi connectivity index (χ3v) is 1.96. The van der Waals surface area contributed by atoms with Crippen molar-refractivity contribution >= 4 is 11.5 Å². The Hall–Kier alpha value is -1.81. The van der Waals surface area contributed by atoms with Crippen LogP contribution in [0.2, 0.25) is 0 Å². The van der Waals surface area contributed by atoms with Crippen LogP contribution in [-0.4, -0.2) is 18.1 Å². The third-order valence-electron chi connectivity index (χ3n) is 1.96. The van der Waals surface area contributed by atoms with Gasteiger partial charge in [0, 0.05) is 13.1 Å². The van der Waals surface area contributed by atoms with E-state index in [1.165, 1.54) is 0 Å². The molecule has 0 atom stereocenters. The lowest BCUT2D eigenvalue weighted by Gasteiger charge is -2.21. The van der Waals surface area contributed by atoms with Crippen LogP contribution in [-0.2, 0) is 0 Å². The number of anilines is 2. The van der Waals surface area contributed by atoms with E-state index in [1.807, 2.05) is 24.3 Å². The van der Waals surface area contributed by atoms with Crippen molar-refractivity contribution in [3.05, 3.63) is 43.6 Å². The minimum Gasteiger partial charge on any atom is -0.363 e. The fourth-order valence-electron chi connectivity index (χ4n) is 1.26. The number of nitrogens with one attached hydrogen (secondary N) is 1. The Labute approximate surface area is 90.1 Å². The first kappa shape index (κ1) is 11.3. The summed E-state index contributed by atoms with van der Waals surface area (Å²) >= 11 is 0. The van der Waals surface area contributed by atoms with Crippen molar-refractivity contribution < 1.29 is 0 Å². The van der Waals surface area contributed by atoms with Gasteiger partial charge in [0.25, 0.3) is 0 Å². The third kappa shape index (κ3) is 3.11. The number of hydrogen-bond acceptors (Lipinski definition) is 4. The zero-order valence-corrected chi connectivity index (χ0v) is 8.69. The highest BCUT2D eigenvalue weighted by Crippen LogP contribution is 2.14. The van der Waals surface area contributed by atoms with Crippen LogP contribution >= 0.6 is 0 Å². The van der Waals surface area contributed by atoms with E-state index in [0.29, 0.717) is 5.82 Å². The number of pyridine rings is 1. The molecule has 80 valence electrons. The van der Waals surface area contributed by atoms with Crippen LogP contribution in [0.4, 0.5) is 11.5 Å². The SMILES string of the molecule is C=CCN(CC=C)c1ccc(NN)nc1. The molecule has 3 N–H and O–H groups in total. The van der Waals surface area contributed by atoms with Crippen molar-refractivity contribution in [1.29, 1.82) is 0 Å². The molecule has 0 saturated carbocycles. The van der Waals surface area contributed by atoms with Crippen molar-refractivity contribution in [3.63, 3.8) is 0 Å². The van der Waals surface area contributed by atoms with E-state index in [-0.39, 0.29) is 0 Å². The molecule has 4 heteroatoms. The molecule has 0 bridgehead atoms. The number of nitrogens with two attached hydrogens (primary N) is 1. The number of aromatic nitrogens is 1. The first-order chi connectivity index (χ1) is 7.31. The molecule has 0 aliphatic carbocycles. The minimum atomic E-state index is 0.649. The highest BCUT2D eigenvalue weighted by atomic mass is 15.2. The summed E-state index contributed by atoms with van der Waals surface area (Å²) in [5.41, 5.74) is 3.51. The summed E-state index contributed by atoms with van der Waals surface area (Å²) in [6.07, 6.45) is 5.46. The average Bonchev–Trinajstić information content (AvgIpc) is 2.29. The first-order valence-corrected chi connectivity index (χ1v) is 4.71. The van der Waals surface area contributed by atoms with E-state index in [0.717, 1.165) is 18.8 Å². The second kappa shape index (κ2) is 5.82. The molecule has 0 amide bonds. The van der Waals surface area contributed by atoms with Gasteiger partial charge in [0.15, 0.2) is 0 Å². The zero-order chi connectivity index (χ0) is 11.1. The van der Waals surface area contributed by atoms with Crippen molar-refractivity contribution in [2.75, 3.05) is 23.4 Å². The topological polar surface area (TPSA) is 54.2 Å². The van der Waals surface area contributed by atoms with Gasteiger partial charge >= 0.3 is 0 Å². The monoisotopic (exact) mass is 204 g/mol. The average molecular weight is 204 g/mol. The molecule has 0 aliphatic heterocycles. The van der Waals surface area contributed by atoms with Gasteiger partial charge in [-0.3, -0.25) is 0 Å². The molecular weight excluding hydrogens is 188 g/mol. The van der Waals surface area contributed by atoms with Gasteiger partial charge in [-0.05, 0) is 12.1 Å². The standard InChI is InChI=1S/C11H16N4/c1-3-7-15(8-4-2)10-5-6-11(14-12)13-9-10/h3-6,9H,1-2,7-8,12H2,(H,13,14). The Morgan fingerprint density at radius 2 is 2.00 bits per heavy atom. The van der Waals surface area contributed by atoms with Crippen LogP contribution < -0.4 is 16.2 Å². The Bertz CT molecular complexity index is 308. The highest BCUT2D eigenvalue weighted by Gasteiger charge is 2.02. The fourth-order valence-corrected chi connectivity index (χ4v) is 1.26. The molecule has 1 rings (SSSR count). The first-order valence-electron chi connectivity index (χ1n) is 4.71. The molecule has 0 unspecified atom stereocenters. The predicted molar refractivity (Wildman–Crippen MR) is 64.7 cm³/mol. The van der Waals surface area contributed by atoms with Gasteiger partial charge in [0.2, 0.25) is 0 Å². The lowest BCUT2D eigenvalue weighted by Crippen LogP contribution is -2.23. The quantitative estimate of drug-likeness (QED) is 0.419. The number of hydrazine groups is 1. The summed E-state index contributed by atoms with van der Waals surface area (Å²) in [6, 6.07) is 3.78. The van der Waals surface area contributed by atoms with E-state index < -0.39 is 0 Å². The smallest absolute Gasteiger partial charge is 0.140 e. The lowest BCUT2D eigenvalue weighted by atomic mass is 10.3. The van der Waals surface area contributed by atoms with Crippen LogP contribution in [0, 0.1) is 0 Å². The normalized spacial score (nSPS) is 9.40. The minimum absolute atomic E-state index is 0.649. The van der Waals surface area contributed by atoms with Crippen molar-refractivity contribution in [3.8, 4) is 0 Å². The van der Waals surface area contributed by atoms with Crippen molar-refractivity contribution in [2.45, 2.75) is 0 Å². The van der Waals surface area contributed by atoms with Crippen molar-refractivity contribution in [1.82, 2.24) is 4.98 Å². The van der Waals surface area contributed by atoms with Crippen LogP contribution in [0.3, 0.4) is 0 Å². The summed E-state index contributed by atoms with van der Waals surface area (Å²) in [6.45, 7) is 8.96. The Kier molecular flexibility index (Phi) is 4.37. The number of nitrogens with zero attached hydrogens (tertiary/aromatic N) is 2. The van der Waals surface area contributed by atoms with Crippen LogP contribution in [0.5, 0.6) is 0 Å². The molecule has 1 aromatic rings. The van der Waals surface area contributed by atoms with E-state index >= 15 is 0 Å². The van der Waals surface area contributed by atoms with Gasteiger partial charge in [-0.1, -0.05) is 12.2 Å². The molecule has 4 nitrogen and oxygen atoms in total. The summed E-state index contributed by atoms with van der Waals surface area (Å²) < 4.78 is 0. The Morgan fingerprint density at radius 3 is 2.40 bits per heavy atom. The van der Waals surface area contributed by atoms with E-state index in [9.17, 15) is 0 Å². The second-order valence-electron chi connectivity index (χ2n) is 3.03. The Morgan fingerprint density at radius 1 is 1.33 bits per heavy atom. The molecule has 0 aromatic carbocycles. The summed E-state index contributed by atoms with van der Waals surface area (Å²) in [4.78, 5) is 6.24.